The van der Waals surface area contributed by atoms with Crippen LogP contribution in [0.25, 0.3) is 11.4 Å². The molecule has 4 rings (SSSR count). The van der Waals surface area contributed by atoms with E-state index in [0.717, 1.165) is 22.7 Å². The van der Waals surface area contributed by atoms with Crippen molar-refractivity contribution < 1.29 is 4.74 Å². The lowest BCUT2D eigenvalue weighted by Crippen LogP contribution is -2.13. The van der Waals surface area contributed by atoms with Crippen molar-refractivity contribution in [2.45, 2.75) is 6.04 Å². The molecule has 3 heterocycles. The van der Waals surface area contributed by atoms with Crippen LogP contribution in [0.15, 0.2) is 48.8 Å². The Morgan fingerprint density at radius 1 is 1.19 bits per heavy atom. The number of hydrogen-bond donors (Lipinski definition) is 1. The second-order valence-electron chi connectivity index (χ2n) is 4.82. The van der Waals surface area contributed by atoms with E-state index in [1.165, 1.54) is 0 Å². The minimum Gasteiger partial charge on any atom is -0.491 e. The van der Waals surface area contributed by atoms with Crippen LogP contribution in [0.3, 0.4) is 0 Å². The van der Waals surface area contributed by atoms with Crippen molar-refractivity contribution in [3.63, 3.8) is 0 Å². The number of para-hydroxylation sites is 1. The molecule has 0 bridgehead atoms. The molecule has 5 nitrogen and oxygen atoms in total. The summed E-state index contributed by atoms with van der Waals surface area (Å²) in [4.78, 5) is 4.04. The van der Waals surface area contributed by atoms with E-state index in [4.69, 9.17) is 17.0 Å². The molecule has 0 saturated heterocycles. The van der Waals surface area contributed by atoms with Crippen LogP contribution in [-0.4, -0.2) is 26.4 Å². The van der Waals surface area contributed by atoms with Crippen LogP contribution in [0.1, 0.15) is 11.6 Å². The molecule has 0 fully saturated rings. The molecule has 0 radical (unpaired) electrons. The van der Waals surface area contributed by atoms with E-state index >= 15 is 0 Å². The maximum absolute atomic E-state index is 5.76. The van der Waals surface area contributed by atoms with Gasteiger partial charge in [-0.1, -0.05) is 18.2 Å². The number of aromatic nitrogens is 4. The highest BCUT2D eigenvalue weighted by atomic mass is 32.1. The number of benzene rings is 1. The van der Waals surface area contributed by atoms with Gasteiger partial charge in [0.25, 0.3) is 0 Å². The topological polar surface area (TPSA) is 55.7 Å². The molecule has 1 unspecified atom stereocenters. The number of hydrogen-bond acceptors (Lipinski definition) is 4. The largest absolute Gasteiger partial charge is 0.491 e. The summed E-state index contributed by atoms with van der Waals surface area (Å²) in [5.74, 6) is 1.71. The van der Waals surface area contributed by atoms with Crippen LogP contribution in [0.2, 0.25) is 0 Å². The normalized spacial score (nSPS) is 16.5. The molecular weight excluding hydrogens is 284 g/mol. The summed E-state index contributed by atoms with van der Waals surface area (Å²) in [5.41, 5.74) is 2.10. The maximum Gasteiger partial charge on any atom is 0.196 e. The van der Waals surface area contributed by atoms with Crippen LogP contribution in [0, 0.1) is 4.77 Å². The monoisotopic (exact) mass is 296 g/mol. The summed E-state index contributed by atoms with van der Waals surface area (Å²) in [6, 6.07) is 11.9. The lowest BCUT2D eigenvalue weighted by molar-refractivity contribution is 0.316. The third-order valence-corrected chi connectivity index (χ3v) is 3.92. The van der Waals surface area contributed by atoms with E-state index < -0.39 is 0 Å². The first-order valence-corrected chi connectivity index (χ1v) is 7.04. The Labute approximate surface area is 126 Å². The molecule has 1 atom stereocenters. The van der Waals surface area contributed by atoms with E-state index in [-0.39, 0.29) is 6.04 Å². The standard InChI is InChI=1S/C15H12N4OS/c21-15-18-17-14(10-5-7-16-8-6-10)19(15)12-9-20-13-4-2-1-3-11(12)13/h1-8,12H,9H2,(H,18,21). The van der Waals surface area contributed by atoms with Crippen LogP contribution >= 0.6 is 12.2 Å². The average molecular weight is 296 g/mol. The van der Waals surface area contributed by atoms with E-state index in [1.54, 1.807) is 12.4 Å². The second kappa shape index (κ2) is 4.82. The minimum atomic E-state index is 0.0376. The number of pyridine rings is 1. The Bertz CT molecular complexity index is 840. The van der Waals surface area contributed by atoms with Crippen molar-refractivity contribution >= 4 is 12.2 Å². The number of ether oxygens (including phenoxy) is 1. The van der Waals surface area contributed by atoms with Gasteiger partial charge in [0.05, 0.1) is 0 Å². The van der Waals surface area contributed by atoms with Crippen molar-refractivity contribution in [1.29, 1.82) is 0 Å². The molecule has 3 aromatic rings. The van der Waals surface area contributed by atoms with Crippen molar-refractivity contribution in [3.8, 4) is 17.1 Å². The predicted octanol–water partition coefficient (Wildman–Crippen LogP) is 2.98. The molecule has 0 aliphatic carbocycles. The Balaban J connectivity index is 1.88. The van der Waals surface area contributed by atoms with Crippen LogP contribution in [0.4, 0.5) is 0 Å². The Kier molecular flexibility index (Phi) is 2.82. The minimum absolute atomic E-state index is 0.0376. The van der Waals surface area contributed by atoms with Crippen LogP contribution in [0.5, 0.6) is 5.75 Å². The molecule has 0 saturated carbocycles. The molecule has 6 heteroatoms. The number of nitrogens with zero attached hydrogens (tertiary/aromatic N) is 3. The number of fused-ring (bicyclic) bond motifs is 1. The fraction of sp³-hybridized carbons (Fsp3) is 0.133. The molecular formula is C15H12N4OS. The van der Waals surface area contributed by atoms with Gasteiger partial charge in [-0.25, -0.2) is 0 Å². The molecule has 0 amide bonds. The lowest BCUT2D eigenvalue weighted by atomic mass is 10.1. The zero-order valence-corrected chi connectivity index (χ0v) is 11.9. The molecule has 1 aromatic carbocycles. The first-order valence-electron chi connectivity index (χ1n) is 6.63. The van der Waals surface area contributed by atoms with Gasteiger partial charge in [0.2, 0.25) is 0 Å². The Morgan fingerprint density at radius 3 is 2.86 bits per heavy atom. The summed E-state index contributed by atoms with van der Waals surface area (Å²) < 4.78 is 8.36. The lowest BCUT2D eigenvalue weighted by Gasteiger charge is -2.13. The zero-order chi connectivity index (χ0) is 14.2. The van der Waals surface area contributed by atoms with E-state index in [0.29, 0.717) is 11.4 Å². The number of rotatable bonds is 2. The van der Waals surface area contributed by atoms with Gasteiger partial charge < -0.3 is 4.74 Å². The van der Waals surface area contributed by atoms with Gasteiger partial charge in [0, 0.05) is 23.5 Å². The zero-order valence-electron chi connectivity index (χ0n) is 11.1. The molecule has 2 aromatic heterocycles. The van der Waals surface area contributed by atoms with Crippen molar-refractivity contribution in [2.75, 3.05) is 6.61 Å². The van der Waals surface area contributed by atoms with Gasteiger partial charge in [0.1, 0.15) is 18.4 Å². The molecule has 1 aliphatic rings. The number of H-pyrrole nitrogens is 1. The van der Waals surface area contributed by atoms with Crippen molar-refractivity contribution in [3.05, 3.63) is 59.1 Å². The molecule has 104 valence electrons. The van der Waals surface area contributed by atoms with Gasteiger partial charge in [-0.3, -0.25) is 14.6 Å². The van der Waals surface area contributed by atoms with Gasteiger partial charge in [-0.2, -0.15) is 5.10 Å². The van der Waals surface area contributed by atoms with Crippen molar-refractivity contribution in [1.82, 2.24) is 19.7 Å². The highest BCUT2D eigenvalue weighted by molar-refractivity contribution is 7.71. The maximum atomic E-state index is 5.76. The number of aromatic amines is 1. The Morgan fingerprint density at radius 2 is 2.00 bits per heavy atom. The third kappa shape index (κ3) is 1.95. The van der Waals surface area contributed by atoms with E-state index in [9.17, 15) is 0 Å². The van der Waals surface area contributed by atoms with Crippen LogP contribution in [-0.2, 0) is 0 Å². The molecule has 0 spiro atoms. The van der Waals surface area contributed by atoms with E-state index in [1.807, 2.05) is 34.9 Å². The number of nitrogens with one attached hydrogen (secondary N) is 1. The second-order valence-corrected chi connectivity index (χ2v) is 5.21. The SMILES string of the molecule is S=c1[nH]nc(-c2ccncc2)n1C1COc2ccccc21. The third-order valence-electron chi connectivity index (χ3n) is 3.63. The average Bonchev–Trinajstić information content (AvgIpc) is 3.11. The Hall–Kier alpha value is -2.47. The highest BCUT2D eigenvalue weighted by Gasteiger charge is 2.28. The first kappa shape index (κ1) is 12.3. The van der Waals surface area contributed by atoms with Crippen LogP contribution < -0.4 is 4.74 Å². The summed E-state index contributed by atoms with van der Waals surface area (Å²) >= 11 is 5.41. The molecule has 1 aliphatic heterocycles. The molecule has 21 heavy (non-hydrogen) atoms. The van der Waals surface area contributed by atoms with Gasteiger partial charge >= 0.3 is 0 Å². The van der Waals surface area contributed by atoms with E-state index in [2.05, 4.69) is 21.2 Å². The summed E-state index contributed by atoms with van der Waals surface area (Å²) in [6.07, 6.45) is 3.49. The summed E-state index contributed by atoms with van der Waals surface area (Å²) in [6.45, 7) is 0.561. The smallest absolute Gasteiger partial charge is 0.196 e. The fourth-order valence-electron chi connectivity index (χ4n) is 2.66. The summed E-state index contributed by atoms with van der Waals surface area (Å²) in [7, 11) is 0. The van der Waals surface area contributed by atoms with Crippen molar-refractivity contribution in [2.24, 2.45) is 0 Å². The van der Waals surface area contributed by atoms with Gasteiger partial charge in [-0.15, -0.1) is 0 Å². The van der Waals surface area contributed by atoms with Gasteiger partial charge in [0.15, 0.2) is 10.6 Å². The fourth-order valence-corrected chi connectivity index (χ4v) is 2.92. The predicted molar refractivity (Wildman–Crippen MR) is 80.7 cm³/mol. The highest BCUT2D eigenvalue weighted by Crippen LogP contribution is 2.36. The summed E-state index contributed by atoms with van der Waals surface area (Å²) in [5, 5.41) is 7.25. The first-order chi connectivity index (χ1) is 10.3. The molecule has 1 N–H and O–H groups in total. The van der Waals surface area contributed by atoms with Gasteiger partial charge in [-0.05, 0) is 30.4 Å². The quantitative estimate of drug-likeness (QED) is 0.739.